The minimum Gasteiger partial charge on any atom is -0.370 e. The van der Waals surface area contributed by atoms with Crippen LogP contribution in [0.3, 0.4) is 0 Å². The van der Waals surface area contributed by atoms with Gasteiger partial charge in [-0.05, 0) is 38.7 Å². The van der Waals surface area contributed by atoms with Gasteiger partial charge in [0.05, 0.1) is 18.6 Å². The summed E-state index contributed by atoms with van der Waals surface area (Å²) in [6, 6.07) is 11.0. The molecule has 1 aliphatic heterocycles. The fourth-order valence-corrected chi connectivity index (χ4v) is 3.36. The zero-order valence-corrected chi connectivity index (χ0v) is 15.9. The van der Waals surface area contributed by atoms with Crippen molar-refractivity contribution in [3.05, 3.63) is 54.9 Å². The van der Waals surface area contributed by atoms with E-state index >= 15 is 0 Å². The molecule has 1 N–H and O–H groups in total. The predicted octanol–water partition coefficient (Wildman–Crippen LogP) is 2.42. The lowest BCUT2D eigenvalue weighted by Gasteiger charge is -2.22. The topological polar surface area (TPSA) is 85.9 Å². The standard InChI is InChI=1S/C20H22N8/c1-26(2)18-6-7-27(12-18)16-4-3-5-17(8-16)28-13-20(24-14-28)25-19-11-22-15(9-21)10-23-19/h3-5,8,10-11,13-14,18H,6-7,12H2,1-2H3,(H,23,25)/t18-/m1/s1. The van der Waals surface area contributed by atoms with Crippen molar-refractivity contribution in [1.29, 1.82) is 5.26 Å². The van der Waals surface area contributed by atoms with E-state index in [-0.39, 0.29) is 5.69 Å². The molecule has 8 heteroatoms. The Balaban J connectivity index is 1.48. The molecular weight excluding hydrogens is 352 g/mol. The number of nitrogens with one attached hydrogen (secondary N) is 1. The summed E-state index contributed by atoms with van der Waals surface area (Å²) in [5.41, 5.74) is 2.56. The number of anilines is 3. The molecule has 1 aromatic carbocycles. The molecule has 0 aliphatic carbocycles. The van der Waals surface area contributed by atoms with Crippen molar-refractivity contribution in [3.8, 4) is 11.8 Å². The van der Waals surface area contributed by atoms with Crippen molar-refractivity contribution in [2.24, 2.45) is 0 Å². The molecule has 8 nitrogen and oxygen atoms in total. The first kappa shape index (κ1) is 17.9. The molecule has 3 heterocycles. The van der Waals surface area contributed by atoms with E-state index in [4.69, 9.17) is 5.26 Å². The molecule has 4 rings (SSSR count). The molecule has 0 bridgehead atoms. The van der Waals surface area contributed by atoms with Gasteiger partial charge in [0.2, 0.25) is 0 Å². The Morgan fingerprint density at radius 1 is 1.14 bits per heavy atom. The average Bonchev–Trinajstić information content (AvgIpc) is 3.39. The number of rotatable bonds is 5. The van der Waals surface area contributed by atoms with E-state index in [1.807, 2.05) is 16.8 Å². The van der Waals surface area contributed by atoms with Gasteiger partial charge >= 0.3 is 0 Å². The van der Waals surface area contributed by atoms with Crippen LogP contribution >= 0.6 is 0 Å². The van der Waals surface area contributed by atoms with Crippen molar-refractivity contribution < 1.29 is 0 Å². The van der Waals surface area contributed by atoms with Crippen LogP contribution in [0.15, 0.2) is 49.2 Å². The summed E-state index contributed by atoms with van der Waals surface area (Å²) in [6.07, 6.45) is 7.81. The van der Waals surface area contributed by atoms with E-state index in [0.717, 1.165) is 18.8 Å². The highest BCUT2D eigenvalue weighted by atomic mass is 15.2. The third-order valence-electron chi connectivity index (χ3n) is 4.99. The molecular formula is C20H22N8. The molecule has 0 amide bonds. The molecule has 0 saturated carbocycles. The van der Waals surface area contributed by atoms with Crippen LogP contribution in [0.2, 0.25) is 0 Å². The first-order chi connectivity index (χ1) is 13.6. The number of aromatic nitrogens is 4. The van der Waals surface area contributed by atoms with Crippen LogP contribution in [0.25, 0.3) is 5.69 Å². The van der Waals surface area contributed by atoms with Crippen LogP contribution < -0.4 is 10.2 Å². The minimum atomic E-state index is 0.284. The maximum absolute atomic E-state index is 8.80. The quantitative estimate of drug-likeness (QED) is 0.734. The molecule has 1 aliphatic rings. The average molecular weight is 374 g/mol. The lowest BCUT2D eigenvalue weighted by Crippen LogP contribution is -2.31. The second-order valence-electron chi connectivity index (χ2n) is 7.06. The summed E-state index contributed by atoms with van der Waals surface area (Å²) in [7, 11) is 4.28. The lowest BCUT2D eigenvalue weighted by atomic mass is 10.2. The molecule has 0 spiro atoms. The summed E-state index contributed by atoms with van der Waals surface area (Å²) in [4.78, 5) is 17.3. The fourth-order valence-electron chi connectivity index (χ4n) is 3.36. The normalized spacial score (nSPS) is 16.4. The molecule has 2 aromatic heterocycles. The second kappa shape index (κ2) is 7.66. The zero-order chi connectivity index (χ0) is 19.5. The highest BCUT2D eigenvalue weighted by Gasteiger charge is 2.24. The van der Waals surface area contributed by atoms with E-state index in [1.165, 1.54) is 24.5 Å². The van der Waals surface area contributed by atoms with Gasteiger partial charge in [-0.1, -0.05) is 6.07 Å². The Morgan fingerprint density at radius 3 is 2.71 bits per heavy atom. The molecule has 0 radical (unpaired) electrons. The van der Waals surface area contributed by atoms with Gasteiger partial charge in [-0.15, -0.1) is 0 Å². The van der Waals surface area contributed by atoms with Gasteiger partial charge in [0.15, 0.2) is 5.69 Å². The Kier molecular flexibility index (Phi) is 4.91. The van der Waals surface area contributed by atoms with Gasteiger partial charge in [0.25, 0.3) is 0 Å². The van der Waals surface area contributed by atoms with Gasteiger partial charge < -0.3 is 19.7 Å². The van der Waals surface area contributed by atoms with Crippen LogP contribution in [0, 0.1) is 11.3 Å². The first-order valence-electron chi connectivity index (χ1n) is 9.17. The van der Waals surface area contributed by atoms with Crippen molar-refractivity contribution in [1.82, 2.24) is 24.4 Å². The van der Waals surface area contributed by atoms with Crippen LogP contribution in [-0.2, 0) is 0 Å². The first-order valence-corrected chi connectivity index (χ1v) is 9.17. The Labute approximate surface area is 164 Å². The number of imidazole rings is 1. The van der Waals surface area contributed by atoms with E-state index in [9.17, 15) is 0 Å². The van der Waals surface area contributed by atoms with Crippen molar-refractivity contribution in [2.75, 3.05) is 37.4 Å². The maximum Gasteiger partial charge on any atom is 0.158 e. The molecule has 3 aromatic rings. The van der Waals surface area contributed by atoms with Crippen LogP contribution in [0.4, 0.5) is 17.3 Å². The van der Waals surface area contributed by atoms with Gasteiger partial charge in [-0.3, -0.25) is 0 Å². The van der Waals surface area contributed by atoms with Crippen molar-refractivity contribution >= 4 is 17.3 Å². The SMILES string of the molecule is CN(C)[C@@H]1CCN(c2cccc(-n3cnc(Nc4cnc(C#N)cn4)c3)c2)C1. The Bertz CT molecular complexity index is 986. The predicted molar refractivity (Wildman–Crippen MR) is 108 cm³/mol. The number of hydrogen-bond donors (Lipinski definition) is 1. The number of likely N-dealkylation sites (N-methyl/N-ethyl adjacent to an activating group) is 1. The van der Waals surface area contributed by atoms with E-state index in [1.54, 1.807) is 6.33 Å². The second-order valence-corrected chi connectivity index (χ2v) is 7.06. The molecule has 142 valence electrons. The van der Waals surface area contributed by atoms with E-state index in [2.05, 4.69) is 68.4 Å². The summed E-state index contributed by atoms with van der Waals surface area (Å²) < 4.78 is 1.97. The summed E-state index contributed by atoms with van der Waals surface area (Å²) in [5.74, 6) is 1.21. The molecule has 1 atom stereocenters. The van der Waals surface area contributed by atoms with Gasteiger partial charge in [-0.2, -0.15) is 5.26 Å². The molecule has 0 unspecified atom stereocenters. The largest absolute Gasteiger partial charge is 0.370 e. The number of benzene rings is 1. The molecule has 28 heavy (non-hydrogen) atoms. The van der Waals surface area contributed by atoms with Gasteiger partial charge in [0.1, 0.15) is 24.0 Å². The third kappa shape index (κ3) is 3.80. The summed E-state index contributed by atoms with van der Waals surface area (Å²) in [5, 5.41) is 11.9. The van der Waals surface area contributed by atoms with Crippen molar-refractivity contribution in [3.63, 3.8) is 0 Å². The Morgan fingerprint density at radius 2 is 2.00 bits per heavy atom. The van der Waals surface area contributed by atoms with Crippen LogP contribution in [-0.4, -0.2) is 57.6 Å². The van der Waals surface area contributed by atoms with Crippen LogP contribution in [0.1, 0.15) is 12.1 Å². The maximum atomic E-state index is 8.80. The number of hydrogen-bond acceptors (Lipinski definition) is 7. The molecule has 1 fully saturated rings. The smallest absolute Gasteiger partial charge is 0.158 e. The highest BCUT2D eigenvalue weighted by Crippen LogP contribution is 2.25. The minimum absolute atomic E-state index is 0.284. The van der Waals surface area contributed by atoms with Gasteiger partial charge in [0, 0.05) is 30.5 Å². The van der Waals surface area contributed by atoms with E-state index < -0.39 is 0 Å². The van der Waals surface area contributed by atoms with Gasteiger partial charge in [-0.25, -0.2) is 15.0 Å². The highest BCUT2D eigenvalue weighted by molar-refractivity contribution is 5.56. The monoisotopic (exact) mass is 374 g/mol. The van der Waals surface area contributed by atoms with Crippen molar-refractivity contribution in [2.45, 2.75) is 12.5 Å². The fraction of sp³-hybridized carbons (Fsp3) is 0.300. The zero-order valence-electron chi connectivity index (χ0n) is 15.9. The lowest BCUT2D eigenvalue weighted by molar-refractivity contribution is 0.315. The number of nitrogens with zero attached hydrogens (tertiary/aromatic N) is 7. The Hall–Kier alpha value is -3.44. The summed E-state index contributed by atoms with van der Waals surface area (Å²) in [6.45, 7) is 2.12. The third-order valence-corrected chi connectivity index (χ3v) is 4.99. The van der Waals surface area contributed by atoms with Crippen LogP contribution in [0.5, 0.6) is 0 Å². The van der Waals surface area contributed by atoms with E-state index in [0.29, 0.717) is 17.7 Å². The summed E-state index contributed by atoms with van der Waals surface area (Å²) >= 11 is 0. The molecule has 1 saturated heterocycles. The number of nitriles is 1.